The van der Waals surface area contributed by atoms with Crippen LogP contribution in [0.25, 0.3) is 10.9 Å². The summed E-state index contributed by atoms with van der Waals surface area (Å²) < 4.78 is 0. The summed E-state index contributed by atoms with van der Waals surface area (Å²) in [5, 5.41) is 10.3. The van der Waals surface area contributed by atoms with Gasteiger partial charge >= 0.3 is 5.97 Å². The van der Waals surface area contributed by atoms with Crippen LogP contribution in [-0.4, -0.2) is 16.1 Å². The van der Waals surface area contributed by atoms with Crippen molar-refractivity contribution in [3.63, 3.8) is 0 Å². The molecule has 0 amide bonds. The van der Waals surface area contributed by atoms with Gasteiger partial charge in [-0.15, -0.1) is 0 Å². The molecule has 1 N–H and O–H groups in total. The minimum absolute atomic E-state index is 0.129. The first kappa shape index (κ1) is 10.1. The summed E-state index contributed by atoms with van der Waals surface area (Å²) in [5.74, 6) is -0.622. The second-order valence-corrected chi connectivity index (χ2v) is 5.81. The van der Waals surface area contributed by atoms with Gasteiger partial charge < -0.3 is 5.11 Å². The van der Waals surface area contributed by atoms with Crippen LogP contribution in [0.4, 0.5) is 0 Å². The third-order valence-corrected chi connectivity index (χ3v) is 4.70. The van der Waals surface area contributed by atoms with Gasteiger partial charge in [0.2, 0.25) is 0 Å². The number of aliphatic carboxylic acids is 1. The highest BCUT2D eigenvalue weighted by Crippen LogP contribution is 2.73. The smallest absolute Gasteiger partial charge is 0.309 e. The van der Waals surface area contributed by atoms with Gasteiger partial charge in [0.15, 0.2) is 0 Å². The van der Waals surface area contributed by atoms with Gasteiger partial charge in [-0.1, -0.05) is 18.2 Å². The average Bonchev–Trinajstić information content (AvgIpc) is 2.25. The number of nitrogens with zero attached hydrogens (tertiary/aromatic N) is 1. The molecule has 0 saturated heterocycles. The molecule has 0 atom stereocenters. The topological polar surface area (TPSA) is 50.2 Å². The zero-order chi connectivity index (χ0) is 12.4. The van der Waals surface area contributed by atoms with E-state index in [1.54, 1.807) is 6.20 Å². The Bertz CT molecular complexity index is 657. The van der Waals surface area contributed by atoms with Crippen LogP contribution in [-0.2, 0) is 10.2 Å². The Morgan fingerprint density at radius 2 is 2.00 bits per heavy atom. The first-order chi connectivity index (χ1) is 8.64. The Labute approximate surface area is 104 Å². The number of fused-ring (bicyclic) bond motifs is 1. The first-order valence-corrected chi connectivity index (χ1v) is 6.22. The fourth-order valence-electron chi connectivity index (χ4n) is 3.72. The minimum Gasteiger partial charge on any atom is -0.481 e. The highest BCUT2D eigenvalue weighted by molar-refractivity contribution is 5.83. The molecule has 0 unspecified atom stereocenters. The Kier molecular flexibility index (Phi) is 1.63. The fourth-order valence-corrected chi connectivity index (χ4v) is 3.72. The molecule has 3 aliphatic rings. The van der Waals surface area contributed by atoms with Gasteiger partial charge in [-0.2, -0.15) is 0 Å². The van der Waals surface area contributed by atoms with Gasteiger partial charge in [-0.05, 0) is 42.4 Å². The molecular weight excluding hydrogens is 226 g/mol. The van der Waals surface area contributed by atoms with E-state index in [1.807, 2.05) is 12.1 Å². The number of pyridine rings is 1. The van der Waals surface area contributed by atoms with Crippen molar-refractivity contribution >= 4 is 16.9 Å². The van der Waals surface area contributed by atoms with Crippen molar-refractivity contribution in [3.05, 3.63) is 42.1 Å². The van der Waals surface area contributed by atoms with Crippen LogP contribution < -0.4 is 0 Å². The van der Waals surface area contributed by atoms with Crippen LogP contribution in [0.5, 0.6) is 0 Å². The van der Waals surface area contributed by atoms with E-state index in [0.717, 1.165) is 30.2 Å². The van der Waals surface area contributed by atoms with E-state index in [-0.39, 0.29) is 5.41 Å². The summed E-state index contributed by atoms with van der Waals surface area (Å²) in [7, 11) is 0. The zero-order valence-corrected chi connectivity index (χ0v) is 9.89. The normalized spacial score (nSPS) is 32.7. The molecule has 0 aliphatic heterocycles. The number of aromatic nitrogens is 1. The Morgan fingerprint density at radius 3 is 2.72 bits per heavy atom. The summed E-state index contributed by atoms with van der Waals surface area (Å²) in [4.78, 5) is 15.5. The maximum Gasteiger partial charge on any atom is 0.309 e. The molecule has 3 nitrogen and oxygen atoms in total. The van der Waals surface area contributed by atoms with E-state index in [0.29, 0.717) is 0 Å². The van der Waals surface area contributed by atoms with Crippen molar-refractivity contribution in [1.82, 2.24) is 4.98 Å². The molecule has 3 saturated carbocycles. The third kappa shape index (κ3) is 1.05. The van der Waals surface area contributed by atoms with Crippen molar-refractivity contribution < 1.29 is 9.90 Å². The number of carboxylic acid groups (broad SMARTS) is 1. The summed E-state index contributed by atoms with van der Waals surface area (Å²) in [6.45, 7) is 0. The molecule has 2 aromatic rings. The number of benzene rings is 1. The SMILES string of the molecule is O=C(O)C12CC(c3ccc4cccnc4c3)(C1)C2. The number of carboxylic acids is 1. The summed E-state index contributed by atoms with van der Waals surface area (Å²) in [5.41, 5.74) is 1.99. The van der Waals surface area contributed by atoms with Gasteiger partial charge in [0.05, 0.1) is 10.9 Å². The number of hydrogen-bond donors (Lipinski definition) is 1. The van der Waals surface area contributed by atoms with E-state index in [4.69, 9.17) is 5.11 Å². The summed E-state index contributed by atoms with van der Waals surface area (Å²) in [6, 6.07) is 10.3. The van der Waals surface area contributed by atoms with E-state index < -0.39 is 11.4 Å². The number of rotatable bonds is 2. The van der Waals surface area contributed by atoms with Gasteiger partial charge in [-0.3, -0.25) is 9.78 Å². The van der Waals surface area contributed by atoms with Crippen LogP contribution in [0.1, 0.15) is 24.8 Å². The van der Waals surface area contributed by atoms with Crippen molar-refractivity contribution in [3.8, 4) is 0 Å². The first-order valence-electron chi connectivity index (χ1n) is 6.22. The maximum absolute atomic E-state index is 11.1. The van der Waals surface area contributed by atoms with Crippen LogP contribution in [0, 0.1) is 5.41 Å². The zero-order valence-electron chi connectivity index (χ0n) is 9.89. The molecule has 18 heavy (non-hydrogen) atoms. The lowest BCUT2D eigenvalue weighted by atomic mass is 9.33. The highest BCUT2D eigenvalue weighted by atomic mass is 16.4. The molecule has 1 heterocycles. The van der Waals surface area contributed by atoms with Crippen molar-refractivity contribution in [2.24, 2.45) is 5.41 Å². The lowest BCUT2D eigenvalue weighted by Crippen LogP contribution is -2.67. The molecule has 90 valence electrons. The van der Waals surface area contributed by atoms with E-state index in [1.165, 1.54) is 5.56 Å². The van der Waals surface area contributed by atoms with Gasteiger partial charge in [0, 0.05) is 11.6 Å². The molecule has 3 fully saturated rings. The Hall–Kier alpha value is -1.90. The lowest BCUT2D eigenvalue weighted by molar-refractivity contribution is -0.194. The van der Waals surface area contributed by atoms with Crippen molar-refractivity contribution in [2.45, 2.75) is 24.7 Å². The lowest BCUT2D eigenvalue weighted by Gasteiger charge is -2.68. The van der Waals surface area contributed by atoms with Gasteiger partial charge in [0.25, 0.3) is 0 Å². The van der Waals surface area contributed by atoms with E-state index >= 15 is 0 Å². The highest BCUT2D eigenvalue weighted by Gasteiger charge is 2.72. The van der Waals surface area contributed by atoms with Crippen LogP contribution in [0.3, 0.4) is 0 Å². The molecule has 0 spiro atoms. The molecule has 0 radical (unpaired) electrons. The Morgan fingerprint density at radius 1 is 1.22 bits per heavy atom. The molecule has 3 aliphatic carbocycles. The third-order valence-electron chi connectivity index (χ3n) is 4.70. The molecular formula is C15H13NO2. The molecule has 1 aromatic heterocycles. The Balaban J connectivity index is 1.72. The molecule has 5 rings (SSSR count). The van der Waals surface area contributed by atoms with E-state index in [2.05, 4.69) is 23.2 Å². The van der Waals surface area contributed by atoms with Crippen LogP contribution in [0.15, 0.2) is 36.5 Å². The second kappa shape index (κ2) is 2.91. The number of hydrogen-bond acceptors (Lipinski definition) is 2. The second-order valence-electron chi connectivity index (χ2n) is 5.81. The van der Waals surface area contributed by atoms with E-state index in [9.17, 15) is 4.79 Å². The maximum atomic E-state index is 11.1. The van der Waals surface area contributed by atoms with Gasteiger partial charge in [-0.25, -0.2) is 0 Å². The van der Waals surface area contributed by atoms with Crippen LogP contribution in [0.2, 0.25) is 0 Å². The quantitative estimate of drug-likeness (QED) is 0.876. The number of carbonyl (C=O) groups is 1. The molecule has 2 bridgehead atoms. The predicted molar refractivity (Wildman–Crippen MR) is 67.3 cm³/mol. The van der Waals surface area contributed by atoms with Crippen molar-refractivity contribution in [1.29, 1.82) is 0 Å². The summed E-state index contributed by atoms with van der Waals surface area (Å²) in [6.07, 6.45) is 4.20. The monoisotopic (exact) mass is 239 g/mol. The van der Waals surface area contributed by atoms with Crippen molar-refractivity contribution in [2.75, 3.05) is 0 Å². The van der Waals surface area contributed by atoms with Gasteiger partial charge in [0.1, 0.15) is 0 Å². The molecule has 1 aromatic carbocycles. The average molecular weight is 239 g/mol. The summed E-state index contributed by atoms with van der Waals surface area (Å²) >= 11 is 0. The van der Waals surface area contributed by atoms with Crippen LogP contribution >= 0.6 is 0 Å². The standard InChI is InChI=1S/C15H13NO2/c17-13(18)15-7-14(8-15,9-15)11-4-3-10-2-1-5-16-12(10)6-11/h1-6H,7-9H2,(H,17,18). The minimum atomic E-state index is -0.622. The fraction of sp³-hybridized carbons (Fsp3) is 0.333. The predicted octanol–water partition coefficient (Wildman–Crippen LogP) is 2.74. The largest absolute Gasteiger partial charge is 0.481 e. The molecule has 3 heteroatoms.